The minimum atomic E-state index is -0.398. The highest BCUT2D eigenvalue weighted by molar-refractivity contribution is 5.86. The number of amides is 1. The molecule has 0 unspecified atom stereocenters. The van der Waals surface area contributed by atoms with Gasteiger partial charge in [-0.05, 0) is 32.3 Å². The molecule has 1 heterocycles. The number of carbonyl (C=O) groups excluding carboxylic acids is 1. The molecule has 0 atom stereocenters. The molecule has 1 aliphatic heterocycles. The van der Waals surface area contributed by atoms with Gasteiger partial charge in [0.2, 0.25) is 5.91 Å². The first-order valence-corrected chi connectivity index (χ1v) is 6.68. The molecule has 18 heavy (non-hydrogen) atoms. The lowest BCUT2D eigenvalue weighted by Gasteiger charge is -2.38. The standard InChI is InChI=1S/C15H22N2O/c1-15(2)14(18)17(12-10-16-15)11-6-9-13-7-4-3-5-8-13/h3-5,7-8,16H,6,9-12H2,1-2H3. The van der Waals surface area contributed by atoms with Crippen molar-refractivity contribution in [2.24, 2.45) is 0 Å². The van der Waals surface area contributed by atoms with Crippen LogP contribution in [-0.2, 0) is 11.2 Å². The van der Waals surface area contributed by atoms with Gasteiger partial charge in [0.05, 0.1) is 5.54 Å². The van der Waals surface area contributed by atoms with Gasteiger partial charge in [0.15, 0.2) is 0 Å². The van der Waals surface area contributed by atoms with Crippen molar-refractivity contribution in [3.63, 3.8) is 0 Å². The number of nitrogens with zero attached hydrogens (tertiary/aromatic N) is 1. The molecule has 3 nitrogen and oxygen atoms in total. The maximum atomic E-state index is 12.2. The van der Waals surface area contributed by atoms with Crippen LogP contribution in [0.5, 0.6) is 0 Å². The van der Waals surface area contributed by atoms with E-state index in [0.717, 1.165) is 32.5 Å². The molecular weight excluding hydrogens is 224 g/mol. The summed E-state index contributed by atoms with van der Waals surface area (Å²) in [6.07, 6.45) is 2.07. The van der Waals surface area contributed by atoms with Crippen LogP contribution in [0.1, 0.15) is 25.8 Å². The Morgan fingerprint density at radius 1 is 1.28 bits per heavy atom. The summed E-state index contributed by atoms with van der Waals surface area (Å²) in [6, 6.07) is 10.4. The van der Waals surface area contributed by atoms with Crippen molar-refractivity contribution >= 4 is 5.91 Å². The summed E-state index contributed by atoms with van der Waals surface area (Å²) in [6.45, 7) is 6.50. The predicted octanol–water partition coefficient (Wildman–Crippen LogP) is 1.83. The highest BCUT2D eigenvalue weighted by atomic mass is 16.2. The van der Waals surface area contributed by atoms with E-state index in [4.69, 9.17) is 0 Å². The van der Waals surface area contributed by atoms with Crippen LogP contribution in [0.2, 0.25) is 0 Å². The van der Waals surface area contributed by atoms with E-state index in [1.165, 1.54) is 5.56 Å². The second-order valence-electron chi connectivity index (χ2n) is 5.43. The van der Waals surface area contributed by atoms with Crippen LogP contribution >= 0.6 is 0 Å². The van der Waals surface area contributed by atoms with Gasteiger partial charge in [-0.2, -0.15) is 0 Å². The Bertz CT molecular complexity index is 400. The van der Waals surface area contributed by atoms with Crippen LogP contribution in [0.25, 0.3) is 0 Å². The molecule has 0 radical (unpaired) electrons. The molecule has 1 fully saturated rings. The summed E-state index contributed by atoms with van der Waals surface area (Å²) in [7, 11) is 0. The van der Waals surface area contributed by atoms with Crippen molar-refractivity contribution in [3.8, 4) is 0 Å². The lowest BCUT2D eigenvalue weighted by atomic mass is 10.0. The third-order valence-corrected chi connectivity index (χ3v) is 3.51. The smallest absolute Gasteiger partial charge is 0.242 e. The van der Waals surface area contributed by atoms with E-state index >= 15 is 0 Å². The summed E-state index contributed by atoms with van der Waals surface area (Å²) >= 11 is 0. The highest BCUT2D eigenvalue weighted by Crippen LogP contribution is 2.13. The van der Waals surface area contributed by atoms with E-state index in [2.05, 4.69) is 29.6 Å². The topological polar surface area (TPSA) is 32.3 Å². The number of carbonyl (C=O) groups is 1. The third kappa shape index (κ3) is 3.10. The van der Waals surface area contributed by atoms with Gasteiger partial charge < -0.3 is 10.2 Å². The fraction of sp³-hybridized carbons (Fsp3) is 0.533. The molecule has 3 heteroatoms. The van der Waals surface area contributed by atoms with Gasteiger partial charge in [-0.15, -0.1) is 0 Å². The third-order valence-electron chi connectivity index (χ3n) is 3.51. The number of hydrogen-bond acceptors (Lipinski definition) is 2. The second-order valence-corrected chi connectivity index (χ2v) is 5.43. The number of nitrogens with one attached hydrogen (secondary N) is 1. The molecule has 1 aromatic carbocycles. The number of rotatable bonds is 4. The van der Waals surface area contributed by atoms with Crippen molar-refractivity contribution in [1.29, 1.82) is 0 Å². The largest absolute Gasteiger partial charge is 0.340 e. The van der Waals surface area contributed by atoms with E-state index in [0.29, 0.717) is 0 Å². The van der Waals surface area contributed by atoms with Crippen molar-refractivity contribution in [2.45, 2.75) is 32.2 Å². The molecule has 0 saturated carbocycles. The fourth-order valence-corrected chi connectivity index (χ4v) is 2.41. The minimum Gasteiger partial charge on any atom is -0.340 e. The fourth-order valence-electron chi connectivity index (χ4n) is 2.41. The van der Waals surface area contributed by atoms with Gasteiger partial charge in [0, 0.05) is 19.6 Å². The lowest BCUT2D eigenvalue weighted by Crippen LogP contribution is -2.61. The number of aryl methyl sites for hydroxylation is 1. The van der Waals surface area contributed by atoms with Crippen LogP contribution in [-0.4, -0.2) is 36.0 Å². The van der Waals surface area contributed by atoms with E-state index in [1.54, 1.807) is 0 Å². The Morgan fingerprint density at radius 2 is 2.00 bits per heavy atom. The molecule has 98 valence electrons. The first kappa shape index (κ1) is 13.1. The Kier molecular flexibility index (Phi) is 4.02. The molecule has 1 aromatic rings. The minimum absolute atomic E-state index is 0.224. The molecule has 0 aliphatic carbocycles. The second kappa shape index (κ2) is 5.53. The number of hydrogen-bond donors (Lipinski definition) is 1. The summed E-state index contributed by atoms with van der Waals surface area (Å²) in [4.78, 5) is 14.1. The Hall–Kier alpha value is -1.35. The first-order chi connectivity index (χ1) is 8.59. The van der Waals surface area contributed by atoms with Gasteiger partial charge in [-0.25, -0.2) is 0 Å². The quantitative estimate of drug-likeness (QED) is 0.879. The zero-order valence-electron chi connectivity index (χ0n) is 11.3. The van der Waals surface area contributed by atoms with Crippen LogP contribution in [0.4, 0.5) is 0 Å². The van der Waals surface area contributed by atoms with Crippen LogP contribution in [0.3, 0.4) is 0 Å². The van der Waals surface area contributed by atoms with Gasteiger partial charge in [-0.3, -0.25) is 4.79 Å². The average molecular weight is 246 g/mol. The summed E-state index contributed by atoms with van der Waals surface area (Å²) in [5, 5.41) is 3.25. The SMILES string of the molecule is CC1(C)NCCN(CCCc2ccccc2)C1=O. The lowest BCUT2D eigenvalue weighted by molar-refractivity contribution is -0.139. The van der Waals surface area contributed by atoms with Crippen molar-refractivity contribution in [3.05, 3.63) is 35.9 Å². The molecule has 0 spiro atoms. The molecular formula is C15H22N2O. The molecule has 0 bridgehead atoms. The van der Waals surface area contributed by atoms with Crippen LogP contribution in [0.15, 0.2) is 30.3 Å². The van der Waals surface area contributed by atoms with Gasteiger partial charge in [0.1, 0.15) is 0 Å². The Balaban J connectivity index is 1.82. The van der Waals surface area contributed by atoms with E-state index in [9.17, 15) is 4.79 Å². The maximum Gasteiger partial charge on any atom is 0.242 e. The molecule has 2 rings (SSSR count). The van der Waals surface area contributed by atoms with Crippen molar-refractivity contribution < 1.29 is 4.79 Å². The zero-order valence-corrected chi connectivity index (χ0v) is 11.3. The van der Waals surface area contributed by atoms with Crippen molar-refractivity contribution in [2.75, 3.05) is 19.6 Å². The molecule has 1 N–H and O–H groups in total. The predicted molar refractivity (Wildman–Crippen MR) is 73.4 cm³/mol. The first-order valence-electron chi connectivity index (χ1n) is 6.68. The van der Waals surface area contributed by atoms with E-state index in [1.807, 2.05) is 24.8 Å². The average Bonchev–Trinajstić information content (AvgIpc) is 2.36. The number of piperazine rings is 1. The monoisotopic (exact) mass is 246 g/mol. The summed E-state index contributed by atoms with van der Waals surface area (Å²) < 4.78 is 0. The van der Waals surface area contributed by atoms with E-state index < -0.39 is 5.54 Å². The van der Waals surface area contributed by atoms with Gasteiger partial charge >= 0.3 is 0 Å². The number of benzene rings is 1. The van der Waals surface area contributed by atoms with Gasteiger partial charge in [0.25, 0.3) is 0 Å². The van der Waals surface area contributed by atoms with Crippen LogP contribution < -0.4 is 5.32 Å². The normalized spacial score (nSPS) is 19.0. The highest BCUT2D eigenvalue weighted by Gasteiger charge is 2.34. The van der Waals surface area contributed by atoms with Crippen molar-refractivity contribution in [1.82, 2.24) is 10.2 Å². The van der Waals surface area contributed by atoms with Gasteiger partial charge in [-0.1, -0.05) is 30.3 Å². The molecule has 0 aromatic heterocycles. The Morgan fingerprint density at radius 3 is 2.72 bits per heavy atom. The molecule has 1 saturated heterocycles. The summed E-state index contributed by atoms with van der Waals surface area (Å²) in [5.74, 6) is 0.224. The molecule has 1 aliphatic rings. The van der Waals surface area contributed by atoms with E-state index in [-0.39, 0.29) is 5.91 Å². The maximum absolute atomic E-state index is 12.2. The molecule has 1 amide bonds. The zero-order chi connectivity index (χ0) is 13.0. The Labute approximate surface area is 109 Å². The van der Waals surface area contributed by atoms with Crippen LogP contribution in [0, 0.1) is 0 Å². The summed E-state index contributed by atoms with van der Waals surface area (Å²) in [5.41, 5.74) is 0.949.